The molecule has 2 aromatic heterocycles. The molecular weight excluding hydrogens is 290 g/mol. The smallest absolute Gasteiger partial charge is 0.336 e. The van der Waals surface area contributed by atoms with Crippen molar-refractivity contribution in [1.29, 1.82) is 0 Å². The molecule has 0 radical (unpaired) electrons. The minimum Gasteiger partial charge on any atom is -0.478 e. The van der Waals surface area contributed by atoms with Gasteiger partial charge < -0.3 is 14.8 Å². The van der Waals surface area contributed by atoms with Gasteiger partial charge in [-0.2, -0.15) is 0 Å². The molecule has 0 aliphatic rings. The molecule has 0 spiro atoms. The van der Waals surface area contributed by atoms with E-state index in [1.165, 1.54) is 17.7 Å². The fourth-order valence-electron chi connectivity index (χ4n) is 1.80. The number of hydrogen-bond acceptors (Lipinski definition) is 6. The van der Waals surface area contributed by atoms with Crippen LogP contribution in [0.25, 0.3) is 11.5 Å². The highest BCUT2D eigenvalue weighted by Gasteiger charge is 2.06. The lowest BCUT2D eigenvalue weighted by atomic mass is 10.2. The molecule has 0 aliphatic heterocycles. The second kappa shape index (κ2) is 5.76. The molecular formula is C14H11N3O3S. The maximum absolute atomic E-state index is 10.8. The van der Waals surface area contributed by atoms with E-state index < -0.39 is 5.97 Å². The number of benzene rings is 1. The molecule has 1 aromatic carbocycles. The number of thiophene rings is 1. The van der Waals surface area contributed by atoms with Gasteiger partial charge in [0, 0.05) is 28.1 Å². The van der Waals surface area contributed by atoms with Crippen molar-refractivity contribution in [2.75, 3.05) is 5.32 Å². The summed E-state index contributed by atoms with van der Waals surface area (Å²) >= 11 is 1.42. The molecule has 0 atom stereocenters. The second-order valence-corrected chi connectivity index (χ2v) is 5.28. The Kier molecular flexibility index (Phi) is 3.65. The highest BCUT2D eigenvalue weighted by atomic mass is 32.1. The number of carboxylic acids is 1. The average Bonchev–Trinajstić information content (AvgIpc) is 3.17. The molecule has 106 valence electrons. The summed E-state index contributed by atoms with van der Waals surface area (Å²) in [4.78, 5) is 11.8. The van der Waals surface area contributed by atoms with Gasteiger partial charge in [0.25, 0.3) is 0 Å². The normalized spacial score (nSPS) is 10.5. The highest BCUT2D eigenvalue weighted by molar-refractivity contribution is 7.10. The quantitative estimate of drug-likeness (QED) is 0.752. The minimum absolute atomic E-state index is 0.323. The van der Waals surface area contributed by atoms with Gasteiger partial charge in [-0.1, -0.05) is 0 Å². The van der Waals surface area contributed by atoms with Crippen molar-refractivity contribution < 1.29 is 14.3 Å². The van der Waals surface area contributed by atoms with Crippen molar-refractivity contribution in [2.45, 2.75) is 6.54 Å². The lowest BCUT2D eigenvalue weighted by Crippen LogP contribution is -1.98. The van der Waals surface area contributed by atoms with Crippen LogP contribution in [0.15, 0.2) is 46.5 Å². The standard InChI is InChI=1S/C14H11N3O3S/c18-14(19)10-5-12(21-7-10)6-15-11-3-1-9(2-4-11)13-17-16-8-20-13/h1-5,7-8,15H,6H2,(H,18,19). The molecule has 0 fully saturated rings. The van der Waals surface area contributed by atoms with Crippen LogP contribution < -0.4 is 5.32 Å². The lowest BCUT2D eigenvalue weighted by molar-refractivity contribution is 0.0697. The molecule has 6 nitrogen and oxygen atoms in total. The zero-order valence-corrected chi connectivity index (χ0v) is 11.6. The van der Waals surface area contributed by atoms with E-state index in [1.54, 1.807) is 11.4 Å². The number of aromatic carboxylic acids is 1. The van der Waals surface area contributed by atoms with Crippen LogP contribution >= 0.6 is 11.3 Å². The zero-order chi connectivity index (χ0) is 14.7. The van der Waals surface area contributed by atoms with E-state index in [0.717, 1.165) is 16.1 Å². The molecule has 0 saturated heterocycles. The third kappa shape index (κ3) is 3.09. The van der Waals surface area contributed by atoms with E-state index in [1.807, 2.05) is 24.3 Å². The molecule has 21 heavy (non-hydrogen) atoms. The number of carbonyl (C=O) groups is 1. The van der Waals surface area contributed by atoms with Gasteiger partial charge in [-0.25, -0.2) is 4.79 Å². The number of aromatic nitrogens is 2. The Morgan fingerprint density at radius 1 is 1.33 bits per heavy atom. The first-order valence-electron chi connectivity index (χ1n) is 6.13. The summed E-state index contributed by atoms with van der Waals surface area (Å²) < 4.78 is 5.12. The summed E-state index contributed by atoms with van der Waals surface area (Å²) in [7, 11) is 0. The highest BCUT2D eigenvalue weighted by Crippen LogP contribution is 2.20. The number of anilines is 1. The number of nitrogens with zero attached hydrogens (tertiary/aromatic N) is 2. The van der Waals surface area contributed by atoms with Gasteiger partial charge in [0.05, 0.1) is 5.56 Å². The Hall–Kier alpha value is -2.67. The van der Waals surface area contributed by atoms with E-state index in [0.29, 0.717) is 18.0 Å². The molecule has 0 bridgehead atoms. The van der Waals surface area contributed by atoms with Gasteiger partial charge in [0.15, 0.2) is 0 Å². The van der Waals surface area contributed by atoms with E-state index >= 15 is 0 Å². The number of rotatable bonds is 5. The van der Waals surface area contributed by atoms with Gasteiger partial charge >= 0.3 is 5.97 Å². The molecule has 0 unspecified atom stereocenters. The molecule has 0 aliphatic carbocycles. The van der Waals surface area contributed by atoms with Gasteiger partial charge in [-0.15, -0.1) is 21.5 Å². The number of carboxylic acid groups (broad SMARTS) is 1. The Labute approximate surface area is 124 Å². The van der Waals surface area contributed by atoms with Crippen LogP contribution in [0.4, 0.5) is 5.69 Å². The largest absolute Gasteiger partial charge is 0.478 e. The van der Waals surface area contributed by atoms with Crippen LogP contribution in [-0.4, -0.2) is 21.3 Å². The third-order valence-electron chi connectivity index (χ3n) is 2.86. The monoisotopic (exact) mass is 301 g/mol. The number of nitrogens with one attached hydrogen (secondary N) is 1. The topological polar surface area (TPSA) is 88.2 Å². The summed E-state index contributed by atoms with van der Waals surface area (Å²) in [5.74, 6) is -0.424. The molecule has 2 heterocycles. The summed E-state index contributed by atoms with van der Waals surface area (Å²) in [6.07, 6.45) is 1.29. The van der Waals surface area contributed by atoms with Crippen molar-refractivity contribution >= 4 is 23.0 Å². The first kappa shape index (κ1) is 13.3. The Morgan fingerprint density at radius 3 is 2.76 bits per heavy atom. The summed E-state index contributed by atoms with van der Waals surface area (Å²) in [5.41, 5.74) is 2.11. The molecule has 0 saturated carbocycles. The van der Waals surface area contributed by atoms with Crippen molar-refractivity contribution in [3.05, 3.63) is 52.5 Å². The van der Waals surface area contributed by atoms with Crippen LogP contribution in [0.1, 0.15) is 15.2 Å². The summed E-state index contributed by atoms with van der Waals surface area (Å²) in [6.45, 7) is 0.581. The fraction of sp³-hybridized carbons (Fsp3) is 0.0714. The van der Waals surface area contributed by atoms with Crippen molar-refractivity contribution in [2.24, 2.45) is 0 Å². The number of hydrogen-bond donors (Lipinski definition) is 2. The predicted octanol–water partition coefficient (Wildman–Crippen LogP) is 3.11. The first-order chi connectivity index (χ1) is 10.2. The SMILES string of the molecule is O=C(O)c1csc(CNc2ccc(-c3nnco3)cc2)c1. The third-order valence-corrected chi connectivity index (χ3v) is 3.80. The Morgan fingerprint density at radius 2 is 2.14 bits per heavy atom. The molecule has 0 amide bonds. The van der Waals surface area contributed by atoms with Gasteiger partial charge in [0.2, 0.25) is 12.3 Å². The van der Waals surface area contributed by atoms with E-state index in [4.69, 9.17) is 9.52 Å². The zero-order valence-electron chi connectivity index (χ0n) is 10.8. The van der Waals surface area contributed by atoms with Gasteiger partial charge in [0.1, 0.15) is 0 Å². The maximum atomic E-state index is 10.8. The van der Waals surface area contributed by atoms with Gasteiger partial charge in [-0.05, 0) is 30.3 Å². The Bertz CT molecular complexity index is 735. The molecule has 3 aromatic rings. The average molecular weight is 301 g/mol. The minimum atomic E-state index is -0.901. The first-order valence-corrected chi connectivity index (χ1v) is 7.01. The van der Waals surface area contributed by atoms with Crippen molar-refractivity contribution in [1.82, 2.24) is 10.2 Å². The Balaban J connectivity index is 1.64. The van der Waals surface area contributed by atoms with Gasteiger partial charge in [-0.3, -0.25) is 0 Å². The van der Waals surface area contributed by atoms with Crippen LogP contribution in [0, 0.1) is 0 Å². The maximum Gasteiger partial charge on any atom is 0.336 e. The van der Waals surface area contributed by atoms with E-state index in [9.17, 15) is 4.79 Å². The lowest BCUT2D eigenvalue weighted by Gasteiger charge is -2.05. The summed E-state index contributed by atoms with van der Waals surface area (Å²) in [5, 5.41) is 21.2. The van der Waals surface area contributed by atoms with Crippen molar-refractivity contribution in [3.8, 4) is 11.5 Å². The van der Waals surface area contributed by atoms with Crippen LogP contribution in [0.3, 0.4) is 0 Å². The van der Waals surface area contributed by atoms with Crippen LogP contribution in [0.2, 0.25) is 0 Å². The van der Waals surface area contributed by atoms with Crippen LogP contribution in [-0.2, 0) is 6.54 Å². The van der Waals surface area contributed by atoms with Crippen LogP contribution in [0.5, 0.6) is 0 Å². The molecule has 2 N–H and O–H groups in total. The van der Waals surface area contributed by atoms with E-state index in [2.05, 4.69) is 15.5 Å². The van der Waals surface area contributed by atoms with Crippen molar-refractivity contribution in [3.63, 3.8) is 0 Å². The predicted molar refractivity (Wildman–Crippen MR) is 78.3 cm³/mol. The summed E-state index contributed by atoms with van der Waals surface area (Å²) in [6, 6.07) is 9.25. The fourth-order valence-corrected chi connectivity index (χ4v) is 2.60. The molecule has 3 rings (SSSR count). The second-order valence-electron chi connectivity index (χ2n) is 4.28. The van der Waals surface area contributed by atoms with E-state index in [-0.39, 0.29) is 0 Å². The molecule has 7 heteroatoms.